The first-order valence-electron chi connectivity index (χ1n) is 7.58. The van der Waals surface area contributed by atoms with Gasteiger partial charge in [0.1, 0.15) is 0 Å². The lowest BCUT2D eigenvalue weighted by atomic mass is 9.73. The van der Waals surface area contributed by atoms with Gasteiger partial charge in [-0.25, -0.2) is 0 Å². The maximum absolute atomic E-state index is 12.2. The summed E-state index contributed by atoms with van der Waals surface area (Å²) < 4.78 is 0. The molecule has 1 unspecified atom stereocenters. The number of hydrogen-bond donors (Lipinski definition) is 2. The second-order valence-electron chi connectivity index (χ2n) is 6.55. The molecule has 3 heteroatoms. The van der Waals surface area contributed by atoms with E-state index in [0.29, 0.717) is 19.0 Å². The quantitative estimate of drug-likeness (QED) is 0.887. The Morgan fingerprint density at radius 3 is 2.50 bits per heavy atom. The van der Waals surface area contributed by atoms with Crippen molar-refractivity contribution >= 4 is 5.91 Å². The fourth-order valence-corrected chi connectivity index (χ4v) is 2.99. The molecule has 20 heavy (non-hydrogen) atoms. The number of benzene rings is 1. The summed E-state index contributed by atoms with van der Waals surface area (Å²) in [6.07, 6.45) is 5.25. The van der Waals surface area contributed by atoms with Crippen molar-refractivity contribution < 1.29 is 4.79 Å². The first-order chi connectivity index (χ1) is 9.51. The zero-order chi connectivity index (χ0) is 14.6. The summed E-state index contributed by atoms with van der Waals surface area (Å²) >= 11 is 0. The molecule has 0 aliphatic heterocycles. The molecular weight excluding hydrogens is 248 g/mol. The molecule has 1 aliphatic rings. The van der Waals surface area contributed by atoms with Crippen molar-refractivity contribution in [3.63, 3.8) is 0 Å². The predicted octanol–water partition coefficient (Wildman–Crippen LogP) is 2.77. The Morgan fingerprint density at radius 2 is 1.90 bits per heavy atom. The van der Waals surface area contributed by atoms with E-state index in [-0.39, 0.29) is 11.3 Å². The Hall–Kier alpha value is -1.35. The summed E-state index contributed by atoms with van der Waals surface area (Å²) in [6, 6.07) is 8.29. The van der Waals surface area contributed by atoms with Gasteiger partial charge in [-0.2, -0.15) is 0 Å². The van der Waals surface area contributed by atoms with Gasteiger partial charge in [0, 0.05) is 12.6 Å². The Bertz CT molecular complexity index is 451. The molecule has 1 aliphatic carbocycles. The fraction of sp³-hybridized carbons (Fsp3) is 0.588. The van der Waals surface area contributed by atoms with Gasteiger partial charge in [0.25, 0.3) is 0 Å². The third-order valence-corrected chi connectivity index (χ3v) is 4.47. The van der Waals surface area contributed by atoms with Gasteiger partial charge in [-0.05, 0) is 29.4 Å². The molecule has 1 aromatic rings. The monoisotopic (exact) mass is 274 g/mol. The molecule has 3 nitrogen and oxygen atoms in total. The van der Waals surface area contributed by atoms with Gasteiger partial charge in [0.05, 0.1) is 6.42 Å². The van der Waals surface area contributed by atoms with Crippen LogP contribution in [-0.2, 0) is 17.8 Å². The highest BCUT2D eigenvalue weighted by Crippen LogP contribution is 2.35. The third-order valence-electron chi connectivity index (χ3n) is 4.47. The molecule has 0 aromatic heterocycles. The molecule has 0 saturated heterocycles. The minimum absolute atomic E-state index is 0.130. The van der Waals surface area contributed by atoms with Crippen molar-refractivity contribution in [2.75, 3.05) is 0 Å². The standard InChI is InChI=1S/C17H26N2O/c1-17(2)10-4-3-5-15(17)19-16(20)11-13-6-8-14(12-18)9-7-13/h6-9,15H,3-5,10-12,18H2,1-2H3,(H,19,20). The highest BCUT2D eigenvalue weighted by molar-refractivity contribution is 5.79. The molecule has 2 rings (SSSR count). The summed E-state index contributed by atoms with van der Waals surface area (Å²) in [4.78, 5) is 12.2. The molecule has 110 valence electrons. The Morgan fingerprint density at radius 1 is 1.25 bits per heavy atom. The molecule has 1 aromatic carbocycles. The van der Waals surface area contributed by atoms with E-state index < -0.39 is 0 Å². The van der Waals surface area contributed by atoms with Gasteiger partial charge in [-0.15, -0.1) is 0 Å². The molecule has 0 radical (unpaired) electrons. The first kappa shape index (κ1) is 15.0. The van der Waals surface area contributed by atoms with E-state index in [2.05, 4.69) is 19.2 Å². The predicted molar refractivity (Wildman–Crippen MR) is 82.2 cm³/mol. The van der Waals surface area contributed by atoms with E-state index in [1.807, 2.05) is 24.3 Å². The van der Waals surface area contributed by atoms with Crippen LogP contribution in [0.25, 0.3) is 0 Å². The van der Waals surface area contributed by atoms with Gasteiger partial charge in [0.2, 0.25) is 5.91 Å². The molecule has 0 bridgehead atoms. The summed E-state index contributed by atoms with van der Waals surface area (Å²) in [6.45, 7) is 5.06. The molecule has 0 heterocycles. The van der Waals surface area contributed by atoms with Crippen molar-refractivity contribution in [2.45, 2.75) is 58.5 Å². The van der Waals surface area contributed by atoms with E-state index in [9.17, 15) is 4.79 Å². The Kier molecular flexibility index (Phi) is 4.81. The van der Waals surface area contributed by atoms with Crippen molar-refractivity contribution in [1.82, 2.24) is 5.32 Å². The van der Waals surface area contributed by atoms with E-state index in [0.717, 1.165) is 17.5 Å². The normalized spacial score (nSPS) is 21.4. The number of rotatable bonds is 4. The smallest absolute Gasteiger partial charge is 0.224 e. The van der Waals surface area contributed by atoms with Gasteiger partial charge in [-0.3, -0.25) is 4.79 Å². The van der Waals surface area contributed by atoms with Crippen LogP contribution in [0.2, 0.25) is 0 Å². The van der Waals surface area contributed by atoms with Gasteiger partial charge >= 0.3 is 0 Å². The largest absolute Gasteiger partial charge is 0.353 e. The van der Waals surface area contributed by atoms with Crippen molar-refractivity contribution in [3.05, 3.63) is 35.4 Å². The Labute approximate surface area is 121 Å². The van der Waals surface area contributed by atoms with E-state index in [1.165, 1.54) is 19.3 Å². The van der Waals surface area contributed by atoms with Crippen LogP contribution < -0.4 is 11.1 Å². The summed E-state index contributed by atoms with van der Waals surface area (Å²) in [5.74, 6) is 0.130. The number of hydrogen-bond acceptors (Lipinski definition) is 2. The highest BCUT2D eigenvalue weighted by Gasteiger charge is 2.32. The van der Waals surface area contributed by atoms with Crippen molar-refractivity contribution in [1.29, 1.82) is 0 Å². The minimum Gasteiger partial charge on any atom is -0.353 e. The average Bonchev–Trinajstić information content (AvgIpc) is 2.42. The maximum Gasteiger partial charge on any atom is 0.224 e. The zero-order valence-electron chi connectivity index (χ0n) is 12.6. The van der Waals surface area contributed by atoms with Crippen molar-refractivity contribution in [3.8, 4) is 0 Å². The van der Waals surface area contributed by atoms with Crippen LogP contribution in [0.15, 0.2) is 24.3 Å². The van der Waals surface area contributed by atoms with Crippen LogP contribution in [0, 0.1) is 5.41 Å². The number of amides is 1. The van der Waals surface area contributed by atoms with Crippen LogP contribution in [-0.4, -0.2) is 11.9 Å². The van der Waals surface area contributed by atoms with E-state index in [1.54, 1.807) is 0 Å². The van der Waals surface area contributed by atoms with Crippen molar-refractivity contribution in [2.24, 2.45) is 11.1 Å². The maximum atomic E-state index is 12.2. The summed E-state index contributed by atoms with van der Waals surface area (Å²) in [5, 5.41) is 3.22. The van der Waals surface area contributed by atoms with E-state index in [4.69, 9.17) is 5.73 Å². The molecule has 1 atom stereocenters. The lowest BCUT2D eigenvalue weighted by Crippen LogP contribution is -2.47. The van der Waals surface area contributed by atoms with Gasteiger partial charge in [-0.1, -0.05) is 51.0 Å². The second kappa shape index (κ2) is 6.40. The average molecular weight is 274 g/mol. The van der Waals surface area contributed by atoms with Crippen LogP contribution in [0.3, 0.4) is 0 Å². The molecule has 0 spiro atoms. The molecule has 1 amide bonds. The second-order valence-corrected chi connectivity index (χ2v) is 6.55. The summed E-state index contributed by atoms with van der Waals surface area (Å²) in [5.41, 5.74) is 7.94. The van der Waals surface area contributed by atoms with Crippen LogP contribution in [0.4, 0.5) is 0 Å². The lowest BCUT2D eigenvalue weighted by molar-refractivity contribution is -0.122. The number of nitrogens with one attached hydrogen (secondary N) is 1. The highest BCUT2D eigenvalue weighted by atomic mass is 16.1. The van der Waals surface area contributed by atoms with Crippen LogP contribution in [0.5, 0.6) is 0 Å². The Balaban J connectivity index is 1.91. The topological polar surface area (TPSA) is 55.1 Å². The first-order valence-corrected chi connectivity index (χ1v) is 7.58. The number of carbonyl (C=O) groups excluding carboxylic acids is 1. The van der Waals surface area contributed by atoms with Crippen LogP contribution in [0.1, 0.15) is 50.7 Å². The number of nitrogens with two attached hydrogens (primary N) is 1. The minimum atomic E-state index is 0.130. The lowest BCUT2D eigenvalue weighted by Gasteiger charge is -2.39. The van der Waals surface area contributed by atoms with Crippen LogP contribution >= 0.6 is 0 Å². The molecule has 1 fully saturated rings. The third kappa shape index (κ3) is 3.83. The molecular formula is C17H26N2O. The SMILES string of the molecule is CC1(C)CCCCC1NC(=O)Cc1ccc(CN)cc1. The summed E-state index contributed by atoms with van der Waals surface area (Å²) in [7, 11) is 0. The number of carbonyl (C=O) groups is 1. The zero-order valence-corrected chi connectivity index (χ0v) is 12.6. The fourth-order valence-electron chi connectivity index (χ4n) is 2.99. The molecule has 3 N–H and O–H groups in total. The van der Waals surface area contributed by atoms with E-state index >= 15 is 0 Å². The molecule has 1 saturated carbocycles. The van der Waals surface area contributed by atoms with Gasteiger partial charge < -0.3 is 11.1 Å². The van der Waals surface area contributed by atoms with Gasteiger partial charge in [0.15, 0.2) is 0 Å².